The molecule has 1 aliphatic rings. The number of ether oxygens (including phenoxy) is 2. The van der Waals surface area contributed by atoms with Gasteiger partial charge in [0, 0.05) is 6.42 Å². The highest BCUT2D eigenvalue weighted by Gasteiger charge is 2.26. The maximum atomic E-state index is 5.71. The van der Waals surface area contributed by atoms with Gasteiger partial charge in [-0.05, 0) is 26.2 Å². The second-order valence-corrected chi connectivity index (χ2v) is 3.99. The van der Waals surface area contributed by atoms with Gasteiger partial charge >= 0.3 is 0 Å². The molecule has 1 heterocycles. The molecule has 0 aromatic rings. The molecule has 2 nitrogen and oxygen atoms in total. The Morgan fingerprint density at radius 2 is 1.69 bits per heavy atom. The number of unbranched alkanes of at least 4 members (excludes halogenated alkanes) is 2. The lowest BCUT2D eigenvalue weighted by Crippen LogP contribution is -2.31. The first-order chi connectivity index (χ1) is 6.27. The Labute approximate surface area is 81.6 Å². The summed E-state index contributed by atoms with van der Waals surface area (Å²) >= 11 is 0. The quantitative estimate of drug-likeness (QED) is 0.628. The zero-order valence-electron chi connectivity index (χ0n) is 8.97. The van der Waals surface area contributed by atoms with Crippen molar-refractivity contribution in [2.45, 2.75) is 58.2 Å². The molecule has 0 atom stereocenters. The molecule has 0 aliphatic carbocycles. The molecule has 13 heavy (non-hydrogen) atoms. The van der Waals surface area contributed by atoms with Gasteiger partial charge in [0.25, 0.3) is 0 Å². The van der Waals surface area contributed by atoms with Crippen LogP contribution in [0.25, 0.3) is 0 Å². The molecular weight excluding hydrogens is 164 g/mol. The number of rotatable bonds is 4. The third kappa shape index (κ3) is 4.10. The lowest BCUT2D eigenvalue weighted by Gasteiger charge is -2.27. The molecule has 0 radical (unpaired) electrons. The van der Waals surface area contributed by atoms with Gasteiger partial charge in [-0.2, -0.15) is 0 Å². The maximum absolute atomic E-state index is 5.71. The molecule has 2 heteroatoms. The Hall–Kier alpha value is -0.0800. The Morgan fingerprint density at radius 3 is 2.23 bits per heavy atom. The molecular formula is C11H22O2. The van der Waals surface area contributed by atoms with Gasteiger partial charge < -0.3 is 9.47 Å². The average Bonchev–Trinajstić information content (AvgIpc) is 2.31. The third-order valence-corrected chi connectivity index (χ3v) is 2.59. The van der Waals surface area contributed by atoms with Crippen molar-refractivity contribution in [2.24, 2.45) is 0 Å². The van der Waals surface area contributed by atoms with E-state index in [1.807, 2.05) is 0 Å². The number of hydrogen-bond donors (Lipinski definition) is 0. The molecule has 1 saturated heterocycles. The maximum Gasteiger partial charge on any atom is 0.165 e. The van der Waals surface area contributed by atoms with Crippen LogP contribution in [0.1, 0.15) is 52.4 Å². The summed E-state index contributed by atoms with van der Waals surface area (Å²) in [7, 11) is 0. The first-order valence-corrected chi connectivity index (χ1v) is 5.55. The predicted molar refractivity (Wildman–Crippen MR) is 53.7 cm³/mol. The minimum Gasteiger partial charge on any atom is -0.350 e. The highest BCUT2D eigenvalue weighted by atomic mass is 16.7. The molecule has 0 spiro atoms. The summed E-state index contributed by atoms with van der Waals surface area (Å²) in [5.74, 6) is -0.286. The topological polar surface area (TPSA) is 18.5 Å². The van der Waals surface area contributed by atoms with E-state index in [0.717, 1.165) is 32.5 Å². The van der Waals surface area contributed by atoms with Crippen LogP contribution in [0.3, 0.4) is 0 Å². The van der Waals surface area contributed by atoms with E-state index in [2.05, 4.69) is 13.8 Å². The summed E-state index contributed by atoms with van der Waals surface area (Å²) in [6.07, 6.45) is 7.08. The van der Waals surface area contributed by atoms with Gasteiger partial charge in [-0.15, -0.1) is 0 Å². The van der Waals surface area contributed by atoms with Gasteiger partial charge in [-0.25, -0.2) is 0 Å². The fourth-order valence-corrected chi connectivity index (χ4v) is 1.66. The zero-order valence-corrected chi connectivity index (χ0v) is 8.97. The molecule has 0 N–H and O–H groups in total. The summed E-state index contributed by atoms with van der Waals surface area (Å²) in [5, 5.41) is 0. The molecule has 0 saturated carbocycles. The van der Waals surface area contributed by atoms with Crippen molar-refractivity contribution in [1.82, 2.24) is 0 Å². The van der Waals surface area contributed by atoms with Crippen molar-refractivity contribution < 1.29 is 9.47 Å². The normalized spacial score (nSPS) is 22.6. The van der Waals surface area contributed by atoms with Gasteiger partial charge in [-0.1, -0.05) is 19.8 Å². The van der Waals surface area contributed by atoms with Gasteiger partial charge in [-0.3, -0.25) is 0 Å². The van der Waals surface area contributed by atoms with Crippen LogP contribution in [0.15, 0.2) is 0 Å². The van der Waals surface area contributed by atoms with Crippen LogP contribution in [0, 0.1) is 0 Å². The molecule has 78 valence electrons. The Bertz CT molecular complexity index is 126. The SMILES string of the molecule is CCCCCC1(C)OCCCCO1. The molecule has 1 rings (SSSR count). The fourth-order valence-electron chi connectivity index (χ4n) is 1.66. The standard InChI is InChI=1S/C11H22O2/c1-3-4-5-8-11(2)12-9-6-7-10-13-11/h3-10H2,1-2H3. The Kier molecular flexibility index (Phi) is 4.74. The average molecular weight is 186 g/mol. The predicted octanol–water partition coefficient (Wildman–Crippen LogP) is 3.11. The van der Waals surface area contributed by atoms with E-state index in [1.165, 1.54) is 19.3 Å². The van der Waals surface area contributed by atoms with Crippen molar-refractivity contribution in [1.29, 1.82) is 0 Å². The third-order valence-electron chi connectivity index (χ3n) is 2.59. The van der Waals surface area contributed by atoms with Crippen molar-refractivity contribution in [2.75, 3.05) is 13.2 Å². The van der Waals surface area contributed by atoms with Gasteiger partial charge in [0.2, 0.25) is 0 Å². The van der Waals surface area contributed by atoms with Crippen molar-refractivity contribution in [3.63, 3.8) is 0 Å². The van der Waals surface area contributed by atoms with Crippen LogP contribution in [-0.2, 0) is 9.47 Å². The van der Waals surface area contributed by atoms with Crippen LogP contribution in [-0.4, -0.2) is 19.0 Å². The van der Waals surface area contributed by atoms with Crippen molar-refractivity contribution in [3.05, 3.63) is 0 Å². The zero-order chi connectivity index (χ0) is 9.57. The molecule has 0 aromatic carbocycles. The van der Waals surface area contributed by atoms with Crippen LogP contribution in [0.5, 0.6) is 0 Å². The van der Waals surface area contributed by atoms with Gasteiger partial charge in [0.05, 0.1) is 13.2 Å². The molecule has 0 bridgehead atoms. The monoisotopic (exact) mass is 186 g/mol. The fraction of sp³-hybridized carbons (Fsp3) is 1.00. The summed E-state index contributed by atoms with van der Waals surface area (Å²) in [4.78, 5) is 0. The van der Waals surface area contributed by atoms with Crippen LogP contribution >= 0.6 is 0 Å². The number of hydrogen-bond acceptors (Lipinski definition) is 2. The first-order valence-electron chi connectivity index (χ1n) is 5.55. The van der Waals surface area contributed by atoms with E-state index in [4.69, 9.17) is 9.47 Å². The summed E-state index contributed by atoms with van der Waals surface area (Å²) in [6.45, 7) is 6.02. The van der Waals surface area contributed by atoms with Crippen molar-refractivity contribution >= 4 is 0 Å². The van der Waals surface area contributed by atoms with Gasteiger partial charge in [0.15, 0.2) is 5.79 Å². The van der Waals surface area contributed by atoms with E-state index >= 15 is 0 Å². The minimum atomic E-state index is -0.286. The second kappa shape index (κ2) is 5.61. The van der Waals surface area contributed by atoms with Gasteiger partial charge in [0.1, 0.15) is 0 Å². The highest BCUT2D eigenvalue weighted by molar-refractivity contribution is 4.65. The molecule has 1 fully saturated rings. The second-order valence-electron chi connectivity index (χ2n) is 3.99. The largest absolute Gasteiger partial charge is 0.350 e. The lowest BCUT2D eigenvalue weighted by molar-refractivity contribution is -0.217. The van der Waals surface area contributed by atoms with E-state index in [1.54, 1.807) is 0 Å². The van der Waals surface area contributed by atoms with Crippen LogP contribution in [0.2, 0.25) is 0 Å². The van der Waals surface area contributed by atoms with Crippen LogP contribution in [0.4, 0.5) is 0 Å². The highest BCUT2D eigenvalue weighted by Crippen LogP contribution is 2.24. The summed E-state index contributed by atoms with van der Waals surface area (Å²) in [5.41, 5.74) is 0. The Morgan fingerprint density at radius 1 is 1.08 bits per heavy atom. The smallest absolute Gasteiger partial charge is 0.165 e. The Balaban J connectivity index is 2.25. The van der Waals surface area contributed by atoms with E-state index in [9.17, 15) is 0 Å². The first kappa shape index (κ1) is 11.0. The molecule has 0 amide bonds. The summed E-state index contributed by atoms with van der Waals surface area (Å²) in [6, 6.07) is 0. The van der Waals surface area contributed by atoms with E-state index < -0.39 is 0 Å². The lowest BCUT2D eigenvalue weighted by atomic mass is 10.1. The molecule has 0 unspecified atom stereocenters. The van der Waals surface area contributed by atoms with E-state index in [0.29, 0.717) is 0 Å². The molecule has 0 aromatic heterocycles. The van der Waals surface area contributed by atoms with Crippen LogP contribution < -0.4 is 0 Å². The van der Waals surface area contributed by atoms with E-state index in [-0.39, 0.29) is 5.79 Å². The van der Waals surface area contributed by atoms with Crippen molar-refractivity contribution in [3.8, 4) is 0 Å². The summed E-state index contributed by atoms with van der Waals surface area (Å²) < 4.78 is 11.4. The minimum absolute atomic E-state index is 0.286. The molecule has 1 aliphatic heterocycles.